The molecule has 3 N–H and O–H groups in total. The molecular weight excluding hydrogens is 308 g/mol. The fraction of sp³-hybridized carbons (Fsp3) is 0.500. The molecule has 1 aromatic rings. The molecule has 0 aromatic heterocycles. The van der Waals surface area contributed by atoms with E-state index >= 15 is 0 Å². The summed E-state index contributed by atoms with van der Waals surface area (Å²) >= 11 is 3.24. The molecule has 19 heavy (non-hydrogen) atoms. The van der Waals surface area contributed by atoms with Crippen molar-refractivity contribution in [2.45, 2.75) is 32.7 Å². The highest BCUT2D eigenvalue weighted by atomic mass is 79.9. The van der Waals surface area contributed by atoms with Crippen molar-refractivity contribution in [3.63, 3.8) is 0 Å². The number of amides is 1. The molecule has 1 atom stereocenters. The van der Waals surface area contributed by atoms with Crippen LogP contribution in [0.3, 0.4) is 0 Å². The lowest BCUT2D eigenvalue weighted by atomic mass is 9.77. The number of hydrogen-bond acceptors (Lipinski definition) is 3. The lowest BCUT2D eigenvalue weighted by Gasteiger charge is -2.38. The molecule has 0 bridgehead atoms. The van der Waals surface area contributed by atoms with Gasteiger partial charge in [-0.3, -0.25) is 4.79 Å². The average Bonchev–Trinajstić information content (AvgIpc) is 2.34. The van der Waals surface area contributed by atoms with Crippen LogP contribution in [0.4, 0.5) is 5.69 Å². The molecule has 4 nitrogen and oxygen atoms in total. The van der Waals surface area contributed by atoms with Gasteiger partial charge in [-0.1, -0.05) is 19.9 Å². The molecule has 1 aromatic carbocycles. The Labute approximate surface area is 121 Å². The quantitative estimate of drug-likeness (QED) is 0.732. The van der Waals surface area contributed by atoms with E-state index in [1.807, 2.05) is 0 Å². The first-order chi connectivity index (χ1) is 8.92. The van der Waals surface area contributed by atoms with Gasteiger partial charge in [-0.25, -0.2) is 0 Å². The Bertz CT molecular complexity index is 488. The number of anilines is 1. The monoisotopic (exact) mass is 326 g/mol. The minimum atomic E-state index is -0.236. The minimum Gasteiger partial charge on any atom is -0.505 e. The SMILES string of the molecule is CC1(C)CCCNC1C(=O)Nc1cccc(Br)c1O. The molecule has 0 radical (unpaired) electrons. The molecule has 0 spiro atoms. The highest BCUT2D eigenvalue weighted by Gasteiger charge is 2.37. The Morgan fingerprint density at radius 3 is 2.95 bits per heavy atom. The summed E-state index contributed by atoms with van der Waals surface area (Å²) in [5.74, 6) is -0.0393. The third kappa shape index (κ3) is 3.09. The number of phenols is 1. The predicted octanol–water partition coefficient (Wildman–Crippen LogP) is 2.87. The van der Waals surface area contributed by atoms with Gasteiger partial charge in [0.25, 0.3) is 0 Å². The van der Waals surface area contributed by atoms with Crippen molar-refractivity contribution in [3.05, 3.63) is 22.7 Å². The maximum Gasteiger partial charge on any atom is 0.242 e. The van der Waals surface area contributed by atoms with Crippen LogP contribution in [0.5, 0.6) is 5.75 Å². The molecule has 1 fully saturated rings. The van der Waals surface area contributed by atoms with Crippen LogP contribution in [0.2, 0.25) is 0 Å². The number of nitrogens with one attached hydrogen (secondary N) is 2. The van der Waals surface area contributed by atoms with Crippen LogP contribution in [0, 0.1) is 5.41 Å². The van der Waals surface area contributed by atoms with E-state index in [9.17, 15) is 9.90 Å². The van der Waals surface area contributed by atoms with Gasteiger partial charge in [0.15, 0.2) is 5.75 Å². The topological polar surface area (TPSA) is 61.4 Å². The van der Waals surface area contributed by atoms with E-state index in [0.29, 0.717) is 10.2 Å². The standard InChI is InChI=1S/C14H19BrN2O2/c1-14(2)7-4-8-16-12(14)13(19)17-10-6-3-5-9(15)11(10)18/h3,5-6,12,16,18H,4,7-8H2,1-2H3,(H,17,19). The van der Waals surface area contributed by atoms with Crippen molar-refractivity contribution in [2.75, 3.05) is 11.9 Å². The molecule has 104 valence electrons. The molecule has 2 rings (SSSR count). The molecule has 5 heteroatoms. The van der Waals surface area contributed by atoms with Crippen LogP contribution in [-0.2, 0) is 4.79 Å². The first kappa shape index (κ1) is 14.3. The number of carbonyl (C=O) groups is 1. The Morgan fingerprint density at radius 1 is 1.53 bits per heavy atom. The number of benzene rings is 1. The van der Waals surface area contributed by atoms with E-state index in [2.05, 4.69) is 40.4 Å². The van der Waals surface area contributed by atoms with Gasteiger partial charge in [0, 0.05) is 0 Å². The number of carbonyl (C=O) groups excluding carboxylic acids is 1. The second-order valence-electron chi connectivity index (χ2n) is 5.60. The number of hydrogen-bond donors (Lipinski definition) is 3. The zero-order valence-electron chi connectivity index (χ0n) is 11.2. The summed E-state index contributed by atoms with van der Waals surface area (Å²) < 4.78 is 0.571. The third-order valence-corrected chi connectivity index (χ3v) is 4.27. The van der Waals surface area contributed by atoms with Crippen LogP contribution in [0.1, 0.15) is 26.7 Å². The number of halogens is 1. The van der Waals surface area contributed by atoms with Gasteiger partial charge in [0.2, 0.25) is 5.91 Å². The molecule has 0 saturated carbocycles. The Balaban J connectivity index is 2.14. The fourth-order valence-electron chi connectivity index (χ4n) is 2.48. The number of piperidine rings is 1. The summed E-state index contributed by atoms with van der Waals surface area (Å²) in [5, 5.41) is 15.9. The van der Waals surface area contributed by atoms with E-state index in [0.717, 1.165) is 19.4 Å². The largest absolute Gasteiger partial charge is 0.505 e. The van der Waals surface area contributed by atoms with Gasteiger partial charge < -0.3 is 15.7 Å². The second-order valence-corrected chi connectivity index (χ2v) is 6.46. The van der Waals surface area contributed by atoms with E-state index in [1.165, 1.54) is 0 Å². The number of para-hydroxylation sites is 1. The molecule has 1 unspecified atom stereocenters. The number of rotatable bonds is 2. The van der Waals surface area contributed by atoms with Gasteiger partial charge in [-0.05, 0) is 52.9 Å². The van der Waals surface area contributed by atoms with Crippen LogP contribution < -0.4 is 10.6 Å². The summed E-state index contributed by atoms with van der Waals surface area (Å²) in [5.41, 5.74) is 0.354. The van der Waals surface area contributed by atoms with Crippen LogP contribution >= 0.6 is 15.9 Å². The van der Waals surface area contributed by atoms with Crippen LogP contribution in [0.15, 0.2) is 22.7 Å². The smallest absolute Gasteiger partial charge is 0.242 e. The normalized spacial score (nSPS) is 21.9. The maximum atomic E-state index is 12.3. The Hall–Kier alpha value is -1.07. The van der Waals surface area contributed by atoms with Gasteiger partial charge in [-0.2, -0.15) is 0 Å². The lowest BCUT2D eigenvalue weighted by molar-refractivity contribution is -0.121. The maximum absolute atomic E-state index is 12.3. The minimum absolute atomic E-state index is 0.0597. The molecule has 1 saturated heterocycles. The first-order valence-corrected chi connectivity index (χ1v) is 7.23. The van der Waals surface area contributed by atoms with Gasteiger partial charge in [0.05, 0.1) is 16.2 Å². The van der Waals surface area contributed by atoms with E-state index < -0.39 is 0 Å². The highest BCUT2D eigenvalue weighted by molar-refractivity contribution is 9.10. The summed E-state index contributed by atoms with van der Waals surface area (Å²) in [6.07, 6.45) is 2.10. The van der Waals surface area contributed by atoms with Crippen molar-refractivity contribution in [1.82, 2.24) is 5.32 Å². The van der Waals surface area contributed by atoms with Crippen molar-refractivity contribution < 1.29 is 9.90 Å². The van der Waals surface area contributed by atoms with Crippen molar-refractivity contribution in [2.24, 2.45) is 5.41 Å². The summed E-state index contributed by atoms with van der Waals surface area (Å²) in [4.78, 5) is 12.3. The van der Waals surface area contributed by atoms with Crippen molar-refractivity contribution in [3.8, 4) is 5.75 Å². The molecule has 1 amide bonds. The Morgan fingerprint density at radius 2 is 2.26 bits per heavy atom. The van der Waals surface area contributed by atoms with Gasteiger partial charge >= 0.3 is 0 Å². The van der Waals surface area contributed by atoms with Gasteiger partial charge in [-0.15, -0.1) is 0 Å². The average molecular weight is 327 g/mol. The molecular formula is C14H19BrN2O2. The first-order valence-electron chi connectivity index (χ1n) is 6.43. The summed E-state index contributed by atoms with van der Waals surface area (Å²) in [7, 11) is 0. The number of phenolic OH excluding ortho intramolecular Hbond substituents is 1. The molecule has 1 aliphatic heterocycles. The van der Waals surface area contributed by atoms with E-state index in [-0.39, 0.29) is 23.1 Å². The Kier molecular flexibility index (Phi) is 4.16. The third-order valence-electron chi connectivity index (χ3n) is 3.63. The molecule has 1 aliphatic rings. The fourth-order valence-corrected chi connectivity index (χ4v) is 2.85. The zero-order valence-corrected chi connectivity index (χ0v) is 12.8. The number of aromatic hydroxyl groups is 1. The summed E-state index contributed by atoms with van der Waals surface area (Å²) in [6, 6.07) is 4.96. The van der Waals surface area contributed by atoms with Crippen molar-refractivity contribution in [1.29, 1.82) is 0 Å². The molecule has 0 aliphatic carbocycles. The van der Waals surface area contributed by atoms with E-state index in [4.69, 9.17) is 0 Å². The highest BCUT2D eigenvalue weighted by Crippen LogP contribution is 2.34. The second kappa shape index (κ2) is 5.51. The van der Waals surface area contributed by atoms with Gasteiger partial charge in [0.1, 0.15) is 0 Å². The predicted molar refractivity (Wildman–Crippen MR) is 79.2 cm³/mol. The van der Waals surface area contributed by atoms with Crippen LogP contribution in [-0.4, -0.2) is 23.6 Å². The lowest BCUT2D eigenvalue weighted by Crippen LogP contribution is -2.53. The zero-order chi connectivity index (χ0) is 14.0. The summed E-state index contributed by atoms with van der Waals surface area (Å²) in [6.45, 7) is 5.03. The van der Waals surface area contributed by atoms with Crippen LogP contribution in [0.25, 0.3) is 0 Å². The van der Waals surface area contributed by atoms with E-state index in [1.54, 1.807) is 18.2 Å². The van der Waals surface area contributed by atoms with Crippen molar-refractivity contribution >= 4 is 27.5 Å². The molecule has 1 heterocycles.